The minimum atomic E-state index is -1.57. The van der Waals surface area contributed by atoms with Crippen LogP contribution in [0.1, 0.15) is 40.5 Å². The highest BCUT2D eigenvalue weighted by Crippen LogP contribution is 2.30. The Bertz CT molecular complexity index is 638. The molecule has 2 rings (SSSR count). The summed E-state index contributed by atoms with van der Waals surface area (Å²) in [6, 6.07) is 0. The molecule has 0 aromatic carbocycles. The fourth-order valence-corrected chi connectivity index (χ4v) is 3.61. The number of aliphatic hydroxyl groups is 6. The van der Waals surface area contributed by atoms with Gasteiger partial charge in [-0.15, -0.1) is 6.58 Å². The van der Waals surface area contributed by atoms with Crippen LogP contribution in [0.15, 0.2) is 24.3 Å². The molecule has 0 aliphatic carbocycles. The topological polar surface area (TPSA) is 158 Å². The highest BCUT2D eigenvalue weighted by molar-refractivity contribution is 5.00. The van der Waals surface area contributed by atoms with Gasteiger partial charge in [0.2, 0.25) is 0 Å². The normalized spacial score (nSPS) is 42.2. The Kier molecular flexibility index (Phi) is 9.80. The van der Waals surface area contributed by atoms with Crippen LogP contribution in [0.4, 0.5) is 0 Å². The molecule has 0 spiro atoms. The zero-order chi connectivity index (χ0) is 24.2. The number of hydrogen-bond acceptors (Lipinski definition) is 10. The number of ether oxygens (including phenoxy) is 4. The van der Waals surface area contributed by atoms with E-state index in [0.717, 1.165) is 5.57 Å². The van der Waals surface area contributed by atoms with Crippen molar-refractivity contribution < 1.29 is 49.6 Å². The molecule has 0 amide bonds. The summed E-state index contributed by atoms with van der Waals surface area (Å²) < 4.78 is 22.5. The summed E-state index contributed by atoms with van der Waals surface area (Å²) >= 11 is 0. The molecule has 0 aromatic heterocycles. The van der Waals surface area contributed by atoms with Gasteiger partial charge in [0, 0.05) is 0 Å². The van der Waals surface area contributed by atoms with E-state index in [1.165, 1.54) is 6.92 Å². The van der Waals surface area contributed by atoms with E-state index in [0.29, 0.717) is 12.8 Å². The summed E-state index contributed by atoms with van der Waals surface area (Å²) in [4.78, 5) is 0. The standard InChI is InChI=1S/C22H38O10/c1-6-22(5,9-7-8-11(2)3)32-21-19(28)17(26)15(24)13(31-21)10-29-20-18(27)16(25)14(23)12(4)30-20/h6,8,12-21,23-28H,1,7,9-10H2,2-5H3/t12-,13+,14-,15+,16+,17-,18+,19+,20+,21-,22-/m0/s1. The summed E-state index contributed by atoms with van der Waals surface area (Å²) in [5, 5.41) is 60.8. The Labute approximate surface area is 188 Å². The zero-order valence-electron chi connectivity index (χ0n) is 19.1. The first-order valence-electron chi connectivity index (χ1n) is 10.9. The molecule has 2 fully saturated rings. The van der Waals surface area contributed by atoms with Crippen molar-refractivity contribution in [3.05, 3.63) is 24.3 Å². The second-order valence-electron chi connectivity index (χ2n) is 8.98. The molecule has 0 radical (unpaired) electrons. The third-order valence-corrected chi connectivity index (χ3v) is 5.91. The Morgan fingerprint density at radius 1 is 0.906 bits per heavy atom. The van der Waals surface area contributed by atoms with Crippen LogP contribution in [0, 0.1) is 0 Å². The molecule has 0 aromatic rings. The van der Waals surface area contributed by atoms with E-state index in [1.807, 2.05) is 19.9 Å². The molecule has 2 aliphatic rings. The monoisotopic (exact) mass is 462 g/mol. The van der Waals surface area contributed by atoms with E-state index in [2.05, 4.69) is 6.58 Å². The Morgan fingerprint density at radius 2 is 1.50 bits per heavy atom. The summed E-state index contributed by atoms with van der Waals surface area (Å²) in [5.74, 6) is 0. The summed E-state index contributed by atoms with van der Waals surface area (Å²) in [5.41, 5.74) is 0.281. The number of aliphatic hydroxyl groups excluding tert-OH is 6. The van der Waals surface area contributed by atoms with Crippen LogP contribution in [-0.4, -0.2) is 104 Å². The van der Waals surface area contributed by atoms with Gasteiger partial charge in [0.05, 0.1) is 18.3 Å². The van der Waals surface area contributed by atoms with E-state index in [1.54, 1.807) is 13.0 Å². The van der Waals surface area contributed by atoms with Gasteiger partial charge in [-0.05, 0) is 40.5 Å². The molecule has 186 valence electrons. The maximum absolute atomic E-state index is 10.4. The minimum absolute atomic E-state index is 0.343. The third-order valence-electron chi connectivity index (χ3n) is 5.91. The van der Waals surface area contributed by atoms with Crippen LogP contribution in [0.3, 0.4) is 0 Å². The molecule has 2 aliphatic heterocycles. The highest BCUT2D eigenvalue weighted by atomic mass is 16.7. The lowest BCUT2D eigenvalue weighted by Crippen LogP contribution is -2.61. The molecule has 0 saturated carbocycles. The Hall–Kier alpha value is -0.920. The number of rotatable bonds is 9. The van der Waals surface area contributed by atoms with Crippen molar-refractivity contribution in [1.82, 2.24) is 0 Å². The van der Waals surface area contributed by atoms with Crippen molar-refractivity contribution in [2.45, 2.75) is 108 Å². The third kappa shape index (κ3) is 6.57. The van der Waals surface area contributed by atoms with Crippen LogP contribution >= 0.6 is 0 Å². The van der Waals surface area contributed by atoms with Crippen molar-refractivity contribution in [3.63, 3.8) is 0 Å². The van der Waals surface area contributed by atoms with E-state index >= 15 is 0 Å². The molecule has 2 saturated heterocycles. The maximum atomic E-state index is 10.4. The lowest BCUT2D eigenvalue weighted by atomic mass is 9.96. The largest absolute Gasteiger partial charge is 0.388 e. The van der Waals surface area contributed by atoms with Crippen molar-refractivity contribution in [1.29, 1.82) is 0 Å². The Morgan fingerprint density at radius 3 is 2.09 bits per heavy atom. The van der Waals surface area contributed by atoms with Crippen LogP contribution in [0.25, 0.3) is 0 Å². The molecule has 11 atom stereocenters. The fourth-order valence-electron chi connectivity index (χ4n) is 3.61. The first-order chi connectivity index (χ1) is 14.9. The van der Waals surface area contributed by atoms with Gasteiger partial charge >= 0.3 is 0 Å². The van der Waals surface area contributed by atoms with Gasteiger partial charge in [0.15, 0.2) is 12.6 Å². The van der Waals surface area contributed by atoms with E-state index in [4.69, 9.17) is 18.9 Å². The lowest BCUT2D eigenvalue weighted by molar-refractivity contribution is -0.338. The molecule has 0 unspecified atom stereocenters. The average Bonchev–Trinajstić information content (AvgIpc) is 2.74. The first-order valence-corrected chi connectivity index (χ1v) is 10.9. The molecular formula is C22H38O10. The maximum Gasteiger partial charge on any atom is 0.187 e. The van der Waals surface area contributed by atoms with E-state index < -0.39 is 67.0 Å². The van der Waals surface area contributed by atoms with Crippen molar-refractivity contribution in [3.8, 4) is 0 Å². The van der Waals surface area contributed by atoms with Crippen LogP contribution in [0.2, 0.25) is 0 Å². The molecule has 2 heterocycles. The van der Waals surface area contributed by atoms with Gasteiger partial charge in [-0.25, -0.2) is 0 Å². The fraction of sp³-hybridized carbons (Fsp3) is 0.818. The summed E-state index contributed by atoms with van der Waals surface area (Å²) in [7, 11) is 0. The van der Waals surface area contributed by atoms with E-state index in [-0.39, 0.29) is 6.61 Å². The predicted molar refractivity (Wildman–Crippen MR) is 113 cm³/mol. The van der Waals surface area contributed by atoms with Crippen LogP contribution in [0.5, 0.6) is 0 Å². The predicted octanol–water partition coefficient (Wildman–Crippen LogP) is -0.654. The minimum Gasteiger partial charge on any atom is -0.388 e. The van der Waals surface area contributed by atoms with Gasteiger partial charge in [-0.3, -0.25) is 0 Å². The van der Waals surface area contributed by atoms with Crippen LogP contribution in [-0.2, 0) is 18.9 Å². The second-order valence-corrected chi connectivity index (χ2v) is 8.98. The zero-order valence-corrected chi connectivity index (χ0v) is 19.1. The first kappa shape index (κ1) is 27.3. The van der Waals surface area contributed by atoms with Gasteiger partial charge in [0.25, 0.3) is 0 Å². The smallest absolute Gasteiger partial charge is 0.187 e. The Balaban J connectivity index is 2.03. The molecule has 0 bridgehead atoms. The lowest BCUT2D eigenvalue weighted by Gasteiger charge is -2.44. The number of allylic oxidation sites excluding steroid dienone is 2. The average molecular weight is 463 g/mol. The molecule has 10 nitrogen and oxygen atoms in total. The molecule has 6 N–H and O–H groups in total. The van der Waals surface area contributed by atoms with Gasteiger partial charge in [-0.1, -0.05) is 17.7 Å². The molecule has 32 heavy (non-hydrogen) atoms. The van der Waals surface area contributed by atoms with Crippen LogP contribution < -0.4 is 0 Å². The van der Waals surface area contributed by atoms with Gasteiger partial charge in [-0.2, -0.15) is 0 Å². The molecule has 10 heteroatoms. The summed E-state index contributed by atoms with van der Waals surface area (Å²) in [6.07, 6.45) is -8.47. The van der Waals surface area contributed by atoms with Gasteiger partial charge < -0.3 is 49.6 Å². The van der Waals surface area contributed by atoms with Gasteiger partial charge in [0.1, 0.15) is 42.7 Å². The quantitative estimate of drug-likeness (QED) is 0.243. The SMILES string of the molecule is C=C[C@@](C)(CCC=C(C)C)O[C@@H]1O[C@H](CO[C@@H]2O[C@@H](C)[C@H](O)[C@@H](O)[C@H]2O)[C@@H](O)[C@H](O)[C@H]1O. The van der Waals surface area contributed by atoms with E-state index in [9.17, 15) is 30.6 Å². The number of hydrogen-bond donors (Lipinski definition) is 6. The molecular weight excluding hydrogens is 424 g/mol. The van der Waals surface area contributed by atoms with Crippen molar-refractivity contribution >= 4 is 0 Å². The second kappa shape index (κ2) is 11.5. The van der Waals surface area contributed by atoms with Crippen molar-refractivity contribution in [2.75, 3.05) is 6.61 Å². The highest BCUT2D eigenvalue weighted by Gasteiger charge is 2.48. The summed E-state index contributed by atoms with van der Waals surface area (Å²) in [6.45, 7) is 10.7. The van der Waals surface area contributed by atoms with Crippen molar-refractivity contribution in [2.24, 2.45) is 0 Å².